The Hall–Kier alpha value is -0.370. The second kappa shape index (κ2) is 6.75. The molecule has 0 spiro atoms. The number of aliphatic hydroxyl groups excluding tert-OH is 1. The molecular formula is C8H15O2. The van der Waals surface area contributed by atoms with E-state index in [1.165, 1.54) is 0 Å². The SMILES string of the molecule is [CH2]CCC(=O)CCCCO. The van der Waals surface area contributed by atoms with Crippen molar-refractivity contribution in [2.45, 2.75) is 32.1 Å². The van der Waals surface area contributed by atoms with Gasteiger partial charge in [0, 0.05) is 19.4 Å². The number of carbonyl (C=O) groups excluding carboxylic acids is 1. The molecule has 0 unspecified atom stereocenters. The molecule has 0 saturated carbocycles. The van der Waals surface area contributed by atoms with Crippen LogP contribution in [0.25, 0.3) is 0 Å². The molecule has 0 aromatic rings. The standard InChI is InChI=1S/C8H15O2/c1-2-5-8(10)6-3-4-7-9/h9H,1-7H2. The molecule has 0 fully saturated rings. The highest BCUT2D eigenvalue weighted by Crippen LogP contribution is 1.99. The van der Waals surface area contributed by atoms with Crippen LogP contribution >= 0.6 is 0 Å². The molecule has 59 valence electrons. The zero-order valence-electron chi connectivity index (χ0n) is 6.31. The van der Waals surface area contributed by atoms with Crippen LogP contribution in [0, 0.1) is 6.92 Å². The Morgan fingerprint density at radius 1 is 1.30 bits per heavy atom. The Labute approximate surface area is 62.2 Å². The van der Waals surface area contributed by atoms with E-state index in [1.807, 2.05) is 0 Å². The van der Waals surface area contributed by atoms with Gasteiger partial charge in [0.15, 0.2) is 0 Å². The minimum atomic E-state index is 0.192. The molecule has 0 aliphatic rings. The normalized spacial score (nSPS) is 9.80. The fraction of sp³-hybridized carbons (Fsp3) is 0.750. The zero-order valence-corrected chi connectivity index (χ0v) is 6.31. The highest BCUT2D eigenvalue weighted by Gasteiger charge is 1.98. The first kappa shape index (κ1) is 9.63. The van der Waals surface area contributed by atoms with E-state index in [0.717, 1.165) is 12.8 Å². The van der Waals surface area contributed by atoms with Crippen LogP contribution in [0.5, 0.6) is 0 Å². The van der Waals surface area contributed by atoms with Crippen molar-refractivity contribution in [1.29, 1.82) is 0 Å². The molecule has 10 heavy (non-hydrogen) atoms. The molecule has 0 bridgehead atoms. The van der Waals surface area contributed by atoms with Crippen LogP contribution in [0.3, 0.4) is 0 Å². The topological polar surface area (TPSA) is 37.3 Å². The Balaban J connectivity index is 3.05. The highest BCUT2D eigenvalue weighted by molar-refractivity contribution is 5.78. The second-order valence-electron chi connectivity index (χ2n) is 2.32. The predicted molar refractivity (Wildman–Crippen MR) is 40.5 cm³/mol. The van der Waals surface area contributed by atoms with E-state index in [0.29, 0.717) is 19.3 Å². The van der Waals surface area contributed by atoms with Gasteiger partial charge in [-0.15, -0.1) is 0 Å². The maximum atomic E-state index is 10.8. The van der Waals surface area contributed by atoms with Crippen LogP contribution < -0.4 is 0 Å². The van der Waals surface area contributed by atoms with Crippen molar-refractivity contribution in [3.8, 4) is 0 Å². The average molecular weight is 143 g/mol. The molecule has 1 N–H and O–H groups in total. The summed E-state index contributed by atoms with van der Waals surface area (Å²) in [6.45, 7) is 3.78. The quantitative estimate of drug-likeness (QED) is 0.569. The number of unbranched alkanes of at least 4 members (excludes halogenated alkanes) is 1. The van der Waals surface area contributed by atoms with Crippen molar-refractivity contribution in [1.82, 2.24) is 0 Å². The van der Waals surface area contributed by atoms with Gasteiger partial charge in [-0.25, -0.2) is 0 Å². The maximum Gasteiger partial charge on any atom is 0.132 e. The summed E-state index contributed by atoms with van der Waals surface area (Å²) in [4.78, 5) is 10.8. The Kier molecular flexibility index (Phi) is 6.50. The number of hydrogen-bond acceptors (Lipinski definition) is 2. The van der Waals surface area contributed by atoms with Crippen molar-refractivity contribution in [2.24, 2.45) is 0 Å². The van der Waals surface area contributed by atoms with Crippen molar-refractivity contribution >= 4 is 5.78 Å². The van der Waals surface area contributed by atoms with Gasteiger partial charge in [0.2, 0.25) is 0 Å². The smallest absolute Gasteiger partial charge is 0.132 e. The third-order valence-corrected chi connectivity index (χ3v) is 1.32. The van der Waals surface area contributed by atoms with Crippen LogP contribution in [-0.2, 0) is 4.79 Å². The zero-order chi connectivity index (χ0) is 7.82. The van der Waals surface area contributed by atoms with Gasteiger partial charge in [-0.05, 0) is 19.3 Å². The number of hydrogen-bond donors (Lipinski definition) is 1. The third kappa shape index (κ3) is 5.76. The van der Waals surface area contributed by atoms with E-state index in [-0.39, 0.29) is 12.4 Å². The number of Topliss-reactive ketones (excluding diaryl/α,β-unsaturated/α-hetero) is 1. The molecule has 1 radical (unpaired) electrons. The second-order valence-corrected chi connectivity index (χ2v) is 2.32. The summed E-state index contributed by atoms with van der Waals surface area (Å²) in [5.74, 6) is 0.267. The highest BCUT2D eigenvalue weighted by atomic mass is 16.2. The Bertz CT molecular complexity index is 89.3. The van der Waals surface area contributed by atoms with Crippen LogP contribution in [0.2, 0.25) is 0 Å². The van der Waals surface area contributed by atoms with Crippen LogP contribution in [-0.4, -0.2) is 17.5 Å². The minimum Gasteiger partial charge on any atom is -0.396 e. The fourth-order valence-electron chi connectivity index (χ4n) is 0.756. The lowest BCUT2D eigenvalue weighted by atomic mass is 10.1. The fourth-order valence-corrected chi connectivity index (χ4v) is 0.756. The summed E-state index contributed by atoms with van der Waals surface area (Å²) >= 11 is 0. The first-order valence-corrected chi connectivity index (χ1v) is 3.73. The molecule has 0 aromatic carbocycles. The first-order valence-electron chi connectivity index (χ1n) is 3.73. The first-order chi connectivity index (χ1) is 4.81. The van der Waals surface area contributed by atoms with Crippen molar-refractivity contribution in [2.75, 3.05) is 6.61 Å². The summed E-state index contributed by atoms with van der Waals surface area (Å²) < 4.78 is 0. The minimum absolute atomic E-state index is 0.192. The van der Waals surface area contributed by atoms with Crippen LogP contribution in [0.15, 0.2) is 0 Å². The van der Waals surface area contributed by atoms with E-state index >= 15 is 0 Å². The largest absolute Gasteiger partial charge is 0.396 e. The van der Waals surface area contributed by atoms with E-state index in [4.69, 9.17) is 5.11 Å². The lowest BCUT2D eigenvalue weighted by Crippen LogP contribution is -1.96. The van der Waals surface area contributed by atoms with E-state index in [9.17, 15) is 4.79 Å². The van der Waals surface area contributed by atoms with Crippen molar-refractivity contribution < 1.29 is 9.90 Å². The molecule has 0 rings (SSSR count). The summed E-state index contributed by atoms with van der Waals surface area (Å²) in [7, 11) is 0. The molecule has 2 nitrogen and oxygen atoms in total. The predicted octanol–water partition coefficient (Wildman–Crippen LogP) is 1.33. The van der Waals surface area contributed by atoms with Crippen molar-refractivity contribution in [3.63, 3.8) is 0 Å². The molecular weight excluding hydrogens is 128 g/mol. The Morgan fingerprint density at radius 3 is 2.50 bits per heavy atom. The number of aliphatic hydroxyl groups is 1. The van der Waals surface area contributed by atoms with Gasteiger partial charge in [-0.1, -0.05) is 6.92 Å². The van der Waals surface area contributed by atoms with Crippen LogP contribution in [0.4, 0.5) is 0 Å². The van der Waals surface area contributed by atoms with Gasteiger partial charge in [-0.2, -0.15) is 0 Å². The van der Waals surface area contributed by atoms with Gasteiger partial charge in [0.1, 0.15) is 5.78 Å². The van der Waals surface area contributed by atoms with E-state index in [1.54, 1.807) is 0 Å². The Morgan fingerprint density at radius 2 is 2.00 bits per heavy atom. The molecule has 0 aromatic heterocycles. The van der Waals surface area contributed by atoms with E-state index < -0.39 is 0 Å². The summed E-state index contributed by atoms with van der Waals surface area (Å²) in [5, 5.41) is 8.39. The van der Waals surface area contributed by atoms with Gasteiger partial charge in [-0.3, -0.25) is 4.79 Å². The number of rotatable bonds is 6. The molecule has 2 heteroatoms. The lowest BCUT2D eigenvalue weighted by Gasteiger charge is -1.95. The lowest BCUT2D eigenvalue weighted by molar-refractivity contribution is -0.119. The van der Waals surface area contributed by atoms with Crippen molar-refractivity contribution in [3.05, 3.63) is 6.92 Å². The van der Waals surface area contributed by atoms with Gasteiger partial charge >= 0.3 is 0 Å². The molecule has 0 atom stereocenters. The maximum absolute atomic E-state index is 10.8. The monoisotopic (exact) mass is 143 g/mol. The van der Waals surface area contributed by atoms with E-state index in [2.05, 4.69) is 6.92 Å². The van der Waals surface area contributed by atoms with Gasteiger partial charge < -0.3 is 5.11 Å². The molecule has 0 saturated heterocycles. The van der Waals surface area contributed by atoms with Crippen LogP contribution in [0.1, 0.15) is 32.1 Å². The summed E-state index contributed by atoms with van der Waals surface area (Å²) in [6, 6.07) is 0. The number of ketones is 1. The molecule has 0 aliphatic carbocycles. The summed E-state index contributed by atoms with van der Waals surface area (Å²) in [6.07, 6.45) is 3.44. The molecule has 0 aliphatic heterocycles. The number of carbonyl (C=O) groups is 1. The average Bonchev–Trinajstić information content (AvgIpc) is 1.89. The summed E-state index contributed by atoms with van der Waals surface area (Å²) in [5.41, 5.74) is 0. The van der Waals surface area contributed by atoms with Gasteiger partial charge in [0.05, 0.1) is 0 Å². The van der Waals surface area contributed by atoms with Gasteiger partial charge in [0.25, 0.3) is 0 Å². The third-order valence-electron chi connectivity index (χ3n) is 1.32. The molecule has 0 heterocycles. The molecule has 0 amide bonds.